The number of halogens is 3. The molecule has 1 aromatic carbocycles. The van der Waals surface area contributed by atoms with E-state index in [9.17, 15) is 18.0 Å². The highest BCUT2D eigenvalue weighted by molar-refractivity contribution is 5.69. The van der Waals surface area contributed by atoms with Crippen LogP contribution in [0.1, 0.15) is 5.56 Å². The number of alkyl halides is 3. The van der Waals surface area contributed by atoms with Crippen LogP contribution >= 0.6 is 0 Å². The van der Waals surface area contributed by atoms with E-state index in [1.165, 1.54) is 17.0 Å². The van der Waals surface area contributed by atoms with E-state index in [0.717, 1.165) is 24.3 Å². The summed E-state index contributed by atoms with van der Waals surface area (Å²) in [6.07, 6.45) is -2.09. The number of benzene rings is 1. The Morgan fingerprint density at radius 2 is 1.53 bits per heavy atom. The van der Waals surface area contributed by atoms with Gasteiger partial charge in [-0.25, -0.2) is 0 Å². The lowest BCUT2D eigenvalue weighted by Gasteiger charge is -2.16. The van der Waals surface area contributed by atoms with Gasteiger partial charge >= 0.3 is 6.18 Å². The summed E-state index contributed by atoms with van der Waals surface area (Å²) in [5.41, 5.74) is 9.45. The molecule has 0 fully saturated rings. The Hall–Kier alpha value is -2.44. The summed E-state index contributed by atoms with van der Waals surface area (Å²) in [4.78, 5) is 11.0. The average molecular weight is 269 g/mol. The summed E-state index contributed by atoms with van der Waals surface area (Å²) in [6, 6.07) is 4.23. The van der Waals surface area contributed by atoms with Crippen LogP contribution in [0, 0.1) is 0 Å². The van der Waals surface area contributed by atoms with Gasteiger partial charge in [0.15, 0.2) is 5.43 Å². The molecule has 2 aromatic rings. The van der Waals surface area contributed by atoms with E-state index < -0.39 is 11.7 Å². The molecule has 7 heteroatoms. The minimum Gasteiger partial charge on any atom is -0.397 e. The van der Waals surface area contributed by atoms with Gasteiger partial charge in [0.05, 0.1) is 22.6 Å². The molecule has 0 aliphatic carbocycles. The van der Waals surface area contributed by atoms with Crippen molar-refractivity contribution in [2.24, 2.45) is 0 Å². The molecule has 0 radical (unpaired) electrons. The number of anilines is 2. The van der Waals surface area contributed by atoms with Gasteiger partial charge in [-0.2, -0.15) is 13.2 Å². The van der Waals surface area contributed by atoms with E-state index >= 15 is 0 Å². The van der Waals surface area contributed by atoms with E-state index in [0.29, 0.717) is 0 Å². The zero-order valence-corrected chi connectivity index (χ0v) is 9.61. The van der Waals surface area contributed by atoms with Gasteiger partial charge in [-0.05, 0) is 12.1 Å². The molecule has 19 heavy (non-hydrogen) atoms. The van der Waals surface area contributed by atoms with E-state index in [1.54, 1.807) is 0 Å². The van der Waals surface area contributed by atoms with E-state index in [2.05, 4.69) is 0 Å². The second-order valence-corrected chi connectivity index (χ2v) is 3.94. The smallest absolute Gasteiger partial charge is 0.397 e. The van der Waals surface area contributed by atoms with Gasteiger partial charge in [0, 0.05) is 24.5 Å². The standard InChI is InChI=1S/C12H10F3N3O/c13-12(14,15)8-5-9(16)10(17)6-11(8)18-3-1-7(19)2-4-18/h1-6H,16-17H2. The molecule has 0 atom stereocenters. The van der Waals surface area contributed by atoms with Crippen molar-refractivity contribution in [3.63, 3.8) is 0 Å². The van der Waals surface area contributed by atoms with Crippen LogP contribution in [0.5, 0.6) is 0 Å². The predicted molar refractivity (Wildman–Crippen MR) is 65.9 cm³/mol. The molecule has 100 valence electrons. The second-order valence-electron chi connectivity index (χ2n) is 3.94. The molecule has 0 saturated heterocycles. The molecule has 0 bridgehead atoms. The third-order valence-electron chi connectivity index (χ3n) is 2.58. The van der Waals surface area contributed by atoms with E-state index in [-0.39, 0.29) is 22.5 Å². The molecule has 0 unspecified atom stereocenters. The Morgan fingerprint density at radius 3 is 2.05 bits per heavy atom. The van der Waals surface area contributed by atoms with Crippen molar-refractivity contribution in [1.29, 1.82) is 0 Å². The van der Waals surface area contributed by atoms with E-state index in [1.807, 2.05) is 0 Å². The first kappa shape index (κ1) is 13.0. The van der Waals surface area contributed by atoms with Crippen molar-refractivity contribution in [2.75, 3.05) is 11.5 Å². The highest BCUT2D eigenvalue weighted by Crippen LogP contribution is 2.36. The number of hydrogen-bond acceptors (Lipinski definition) is 3. The summed E-state index contributed by atoms with van der Waals surface area (Å²) >= 11 is 0. The van der Waals surface area contributed by atoms with Crippen LogP contribution in [-0.2, 0) is 6.18 Å². The number of nitrogens with zero attached hydrogens (tertiary/aromatic N) is 1. The molecule has 4 N–H and O–H groups in total. The van der Waals surface area contributed by atoms with Crippen LogP contribution in [0.25, 0.3) is 5.69 Å². The van der Waals surface area contributed by atoms with Gasteiger partial charge in [-0.15, -0.1) is 0 Å². The molecular weight excluding hydrogens is 259 g/mol. The highest BCUT2D eigenvalue weighted by Gasteiger charge is 2.34. The fraction of sp³-hybridized carbons (Fsp3) is 0.0833. The number of aromatic nitrogens is 1. The van der Waals surface area contributed by atoms with Crippen molar-refractivity contribution in [3.8, 4) is 5.69 Å². The summed E-state index contributed by atoms with van der Waals surface area (Å²) in [7, 11) is 0. The number of pyridine rings is 1. The van der Waals surface area contributed by atoms with Gasteiger partial charge in [0.25, 0.3) is 0 Å². The maximum absolute atomic E-state index is 13.0. The third kappa shape index (κ3) is 2.54. The first-order chi connectivity index (χ1) is 8.79. The molecule has 0 aliphatic heterocycles. The van der Waals surface area contributed by atoms with Gasteiger partial charge in [0.2, 0.25) is 0 Å². The monoisotopic (exact) mass is 269 g/mol. The summed E-state index contributed by atoms with van der Waals surface area (Å²) < 4.78 is 40.0. The topological polar surface area (TPSA) is 74.0 Å². The zero-order chi connectivity index (χ0) is 14.2. The first-order valence-corrected chi connectivity index (χ1v) is 5.24. The lowest BCUT2D eigenvalue weighted by molar-refractivity contribution is -0.137. The molecule has 1 aromatic heterocycles. The zero-order valence-electron chi connectivity index (χ0n) is 9.61. The van der Waals surface area contributed by atoms with Crippen LogP contribution in [0.15, 0.2) is 41.5 Å². The van der Waals surface area contributed by atoms with Crippen LogP contribution < -0.4 is 16.9 Å². The number of rotatable bonds is 1. The molecule has 2 rings (SSSR count). The summed E-state index contributed by atoms with van der Waals surface area (Å²) in [5, 5.41) is 0. The normalized spacial score (nSPS) is 11.5. The Balaban J connectivity index is 2.71. The number of nitrogen functional groups attached to an aromatic ring is 2. The largest absolute Gasteiger partial charge is 0.418 e. The Labute approximate surface area is 106 Å². The number of nitrogens with two attached hydrogens (primary N) is 2. The van der Waals surface area contributed by atoms with Crippen molar-refractivity contribution in [2.45, 2.75) is 6.18 Å². The molecule has 0 spiro atoms. The molecule has 0 amide bonds. The molecule has 0 aliphatic rings. The van der Waals surface area contributed by atoms with Crippen molar-refractivity contribution < 1.29 is 13.2 Å². The van der Waals surface area contributed by atoms with Crippen LogP contribution in [0.2, 0.25) is 0 Å². The lowest BCUT2D eigenvalue weighted by Crippen LogP contribution is -2.13. The highest BCUT2D eigenvalue weighted by atomic mass is 19.4. The van der Waals surface area contributed by atoms with Crippen LogP contribution in [0.3, 0.4) is 0 Å². The Kier molecular flexibility index (Phi) is 2.97. The third-order valence-corrected chi connectivity index (χ3v) is 2.58. The van der Waals surface area contributed by atoms with Crippen LogP contribution in [0.4, 0.5) is 24.5 Å². The maximum Gasteiger partial charge on any atom is 0.418 e. The SMILES string of the molecule is Nc1cc(-n2ccc(=O)cc2)c(C(F)(F)F)cc1N. The average Bonchev–Trinajstić information content (AvgIpc) is 2.32. The van der Waals surface area contributed by atoms with Gasteiger partial charge in [-0.3, -0.25) is 4.79 Å². The van der Waals surface area contributed by atoms with Gasteiger partial charge in [0.1, 0.15) is 0 Å². The second kappa shape index (κ2) is 4.34. The predicted octanol–water partition coefficient (Wildman–Crippen LogP) is 2.02. The summed E-state index contributed by atoms with van der Waals surface area (Å²) in [5.74, 6) is 0. The number of hydrogen-bond donors (Lipinski definition) is 2. The molecule has 0 saturated carbocycles. The molecule has 4 nitrogen and oxygen atoms in total. The quantitative estimate of drug-likeness (QED) is 0.778. The lowest BCUT2D eigenvalue weighted by atomic mass is 10.1. The van der Waals surface area contributed by atoms with E-state index in [4.69, 9.17) is 11.5 Å². The fourth-order valence-electron chi connectivity index (χ4n) is 1.64. The molecular formula is C12H10F3N3O. The minimum atomic E-state index is -4.57. The van der Waals surface area contributed by atoms with Gasteiger partial charge < -0.3 is 16.0 Å². The summed E-state index contributed by atoms with van der Waals surface area (Å²) in [6.45, 7) is 0. The molecule has 1 heterocycles. The first-order valence-electron chi connectivity index (χ1n) is 5.24. The van der Waals surface area contributed by atoms with Crippen molar-refractivity contribution in [1.82, 2.24) is 4.57 Å². The van der Waals surface area contributed by atoms with Crippen molar-refractivity contribution in [3.05, 3.63) is 52.4 Å². The maximum atomic E-state index is 13.0. The fourth-order valence-corrected chi connectivity index (χ4v) is 1.64. The van der Waals surface area contributed by atoms with Crippen LogP contribution in [-0.4, -0.2) is 4.57 Å². The Bertz CT molecular complexity index is 656. The minimum absolute atomic E-state index is 0.0432. The van der Waals surface area contributed by atoms with Gasteiger partial charge in [-0.1, -0.05) is 0 Å². The Morgan fingerprint density at radius 1 is 1.00 bits per heavy atom. The van der Waals surface area contributed by atoms with Crippen molar-refractivity contribution >= 4 is 11.4 Å².